The highest BCUT2D eigenvalue weighted by Gasteiger charge is 2.35. The van der Waals surface area contributed by atoms with Crippen molar-refractivity contribution < 1.29 is 22.4 Å². The van der Waals surface area contributed by atoms with Crippen LogP contribution in [-0.2, 0) is 12.7 Å². The van der Waals surface area contributed by atoms with Crippen molar-refractivity contribution in [3.05, 3.63) is 63.8 Å². The second-order valence-electron chi connectivity index (χ2n) is 7.38. The second-order valence-corrected chi connectivity index (χ2v) is 7.79. The number of hydrogen-bond donors (Lipinski definition) is 0. The summed E-state index contributed by atoms with van der Waals surface area (Å²) < 4.78 is 53.8. The van der Waals surface area contributed by atoms with Gasteiger partial charge < -0.3 is 4.90 Å². The number of carbonyl (C=O) groups excluding carboxylic acids is 1. The number of nitrogens with zero attached hydrogens (tertiary/aromatic N) is 5. The summed E-state index contributed by atoms with van der Waals surface area (Å²) in [7, 11) is 0. The number of benzene rings is 1. The molecule has 164 valence electrons. The number of aromatic nitrogens is 3. The van der Waals surface area contributed by atoms with Crippen LogP contribution in [-0.4, -0.2) is 56.5 Å². The van der Waals surface area contributed by atoms with Crippen molar-refractivity contribution in [2.24, 2.45) is 0 Å². The van der Waals surface area contributed by atoms with Crippen LogP contribution in [0.5, 0.6) is 0 Å². The van der Waals surface area contributed by atoms with E-state index in [0.717, 1.165) is 11.6 Å². The van der Waals surface area contributed by atoms with Crippen LogP contribution in [0.15, 0.2) is 30.3 Å². The van der Waals surface area contributed by atoms with Gasteiger partial charge in [-0.3, -0.25) is 9.69 Å². The fraction of sp³-hybridized carbons (Fsp3) is 0.350. The summed E-state index contributed by atoms with van der Waals surface area (Å²) in [5.41, 5.74) is -0.120. The quantitative estimate of drug-likeness (QED) is 0.564. The highest BCUT2D eigenvalue weighted by atomic mass is 35.5. The average Bonchev–Trinajstić information content (AvgIpc) is 3.12. The molecule has 0 radical (unpaired) electrons. The zero-order chi connectivity index (χ0) is 22.3. The van der Waals surface area contributed by atoms with Crippen molar-refractivity contribution >= 4 is 23.2 Å². The number of amides is 1. The van der Waals surface area contributed by atoms with Gasteiger partial charge in [0.15, 0.2) is 11.3 Å². The number of piperazine rings is 1. The van der Waals surface area contributed by atoms with Gasteiger partial charge >= 0.3 is 6.18 Å². The number of hydrogen-bond acceptors (Lipinski definition) is 4. The summed E-state index contributed by atoms with van der Waals surface area (Å²) >= 11 is 6.07. The smallest absolute Gasteiger partial charge is 0.335 e. The van der Waals surface area contributed by atoms with Crippen LogP contribution in [0.4, 0.5) is 17.6 Å². The molecule has 0 saturated carbocycles. The monoisotopic (exact) mass is 455 g/mol. The van der Waals surface area contributed by atoms with Gasteiger partial charge in [-0.2, -0.15) is 18.3 Å². The van der Waals surface area contributed by atoms with Crippen LogP contribution in [0.2, 0.25) is 5.02 Å². The number of fused-ring (bicyclic) bond motifs is 1. The molecular weight excluding hydrogens is 438 g/mol. The highest BCUT2D eigenvalue weighted by molar-refractivity contribution is 6.31. The summed E-state index contributed by atoms with van der Waals surface area (Å²) in [4.78, 5) is 20.5. The predicted octanol–water partition coefficient (Wildman–Crippen LogP) is 3.81. The number of halogens is 5. The molecule has 4 rings (SSSR count). The van der Waals surface area contributed by atoms with Gasteiger partial charge in [0, 0.05) is 49.5 Å². The number of carbonyl (C=O) groups is 1. The Balaban J connectivity index is 1.47. The lowest BCUT2D eigenvalue weighted by molar-refractivity contribution is -0.142. The molecule has 0 unspecified atom stereocenters. The molecule has 3 heterocycles. The predicted molar refractivity (Wildman–Crippen MR) is 105 cm³/mol. The van der Waals surface area contributed by atoms with E-state index in [9.17, 15) is 22.4 Å². The lowest BCUT2D eigenvalue weighted by Crippen LogP contribution is -2.48. The summed E-state index contributed by atoms with van der Waals surface area (Å²) in [5.74, 6) is -0.856. The van der Waals surface area contributed by atoms with Gasteiger partial charge in [0.2, 0.25) is 0 Å². The fourth-order valence-corrected chi connectivity index (χ4v) is 3.80. The molecule has 6 nitrogen and oxygen atoms in total. The van der Waals surface area contributed by atoms with Crippen LogP contribution >= 0.6 is 11.6 Å². The molecule has 0 bridgehead atoms. The van der Waals surface area contributed by atoms with E-state index in [-0.39, 0.29) is 17.0 Å². The molecule has 1 aliphatic rings. The molecule has 1 aromatic carbocycles. The van der Waals surface area contributed by atoms with Gasteiger partial charge in [0.05, 0.1) is 0 Å². The summed E-state index contributed by atoms with van der Waals surface area (Å²) in [6.45, 7) is 3.80. The molecule has 1 amide bonds. The van der Waals surface area contributed by atoms with E-state index < -0.39 is 23.6 Å². The standard InChI is InChI=1S/C20H18ClF4N5O/c1-12-8-17(20(23,24)25)30-18(26-12)10-16(27-30)19(31)29-6-4-28(5-7-29)11-13-2-3-14(22)9-15(13)21/h2-3,8-10H,4-7,11H2,1H3. The number of rotatable bonds is 3. The Morgan fingerprint density at radius 3 is 2.48 bits per heavy atom. The van der Waals surface area contributed by atoms with E-state index in [4.69, 9.17) is 11.6 Å². The van der Waals surface area contributed by atoms with Crippen LogP contribution in [0.1, 0.15) is 27.4 Å². The highest BCUT2D eigenvalue weighted by Crippen LogP contribution is 2.30. The molecule has 0 spiro atoms. The minimum Gasteiger partial charge on any atom is -0.335 e. The normalized spacial score (nSPS) is 15.6. The first-order valence-electron chi connectivity index (χ1n) is 9.52. The first-order valence-corrected chi connectivity index (χ1v) is 9.90. The van der Waals surface area contributed by atoms with E-state index >= 15 is 0 Å². The Morgan fingerprint density at radius 1 is 1.13 bits per heavy atom. The second kappa shape index (κ2) is 8.08. The van der Waals surface area contributed by atoms with Crippen molar-refractivity contribution in [2.75, 3.05) is 26.2 Å². The Bertz CT molecular complexity index is 1140. The van der Waals surface area contributed by atoms with Crippen molar-refractivity contribution in [3.63, 3.8) is 0 Å². The topological polar surface area (TPSA) is 53.7 Å². The molecule has 11 heteroatoms. The van der Waals surface area contributed by atoms with E-state index in [1.54, 1.807) is 11.0 Å². The zero-order valence-corrected chi connectivity index (χ0v) is 17.2. The molecule has 31 heavy (non-hydrogen) atoms. The van der Waals surface area contributed by atoms with E-state index in [1.807, 2.05) is 0 Å². The first kappa shape index (κ1) is 21.5. The van der Waals surface area contributed by atoms with Crippen LogP contribution in [0.25, 0.3) is 5.65 Å². The average molecular weight is 456 g/mol. The minimum atomic E-state index is -4.62. The maximum absolute atomic E-state index is 13.3. The van der Waals surface area contributed by atoms with Gasteiger partial charge in [0.25, 0.3) is 5.91 Å². The third-order valence-electron chi connectivity index (χ3n) is 5.13. The minimum absolute atomic E-state index is 0.0275. The molecule has 1 saturated heterocycles. The van der Waals surface area contributed by atoms with E-state index in [2.05, 4.69) is 15.0 Å². The van der Waals surface area contributed by atoms with Gasteiger partial charge in [-0.25, -0.2) is 13.9 Å². The van der Waals surface area contributed by atoms with Crippen molar-refractivity contribution in [2.45, 2.75) is 19.6 Å². The maximum Gasteiger partial charge on any atom is 0.433 e. The molecule has 1 fully saturated rings. The molecule has 1 aliphatic heterocycles. The first-order chi connectivity index (χ1) is 14.6. The lowest BCUT2D eigenvalue weighted by atomic mass is 10.2. The Kier molecular flexibility index (Phi) is 5.61. The molecule has 2 aromatic heterocycles. The third kappa shape index (κ3) is 4.49. The van der Waals surface area contributed by atoms with E-state index in [1.165, 1.54) is 25.1 Å². The maximum atomic E-state index is 13.3. The summed E-state index contributed by atoms with van der Waals surface area (Å²) in [5, 5.41) is 4.22. The van der Waals surface area contributed by atoms with Crippen molar-refractivity contribution in [3.8, 4) is 0 Å². The molecule has 0 N–H and O–H groups in total. The Morgan fingerprint density at radius 2 is 1.84 bits per heavy atom. The largest absolute Gasteiger partial charge is 0.433 e. The zero-order valence-electron chi connectivity index (χ0n) is 16.5. The van der Waals surface area contributed by atoms with Crippen LogP contribution in [0, 0.1) is 12.7 Å². The Hall–Kier alpha value is -2.72. The fourth-order valence-electron chi connectivity index (χ4n) is 3.57. The summed E-state index contributed by atoms with van der Waals surface area (Å²) in [6, 6.07) is 6.39. The van der Waals surface area contributed by atoms with Gasteiger partial charge in [-0.05, 0) is 30.7 Å². The third-order valence-corrected chi connectivity index (χ3v) is 5.49. The van der Waals surface area contributed by atoms with Crippen molar-refractivity contribution in [1.29, 1.82) is 0 Å². The van der Waals surface area contributed by atoms with Gasteiger partial charge in [-0.15, -0.1) is 0 Å². The van der Waals surface area contributed by atoms with Crippen LogP contribution < -0.4 is 0 Å². The van der Waals surface area contributed by atoms with Crippen LogP contribution in [0.3, 0.4) is 0 Å². The van der Waals surface area contributed by atoms with E-state index in [0.29, 0.717) is 42.3 Å². The molecule has 0 atom stereocenters. The van der Waals surface area contributed by atoms with Gasteiger partial charge in [0.1, 0.15) is 11.5 Å². The molecule has 0 aliphatic carbocycles. The molecular formula is C20H18ClF4N5O. The van der Waals surface area contributed by atoms with Crippen molar-refractivity contribution in [1.82, 2.24) is 24.4 Å². The lowest BCUT2D eigenvalue weighted by Gasteiger charge is -2.34. The molecule has 3 aromatic rings. The SMILES string of the molecule is Cc1cc(C(F)(F)F)n2nc(C(=O)N3CCN(Cc4ccc(F)cc4Cl)CC3)cc2n1. The number of aryl methyl sites for hydroxylation is 1. The Labute approximate surface area is 180 Å². The number of alkyl halides is 3. The van der Waals surface area contributed by atoms with Gasteiger partial charge in [-0.1, -0.05) is 17.7 Å². The summed E-state index contributed by atoms with van der Waals surface area (Å²) in [6.07, 6.45) is -4.62.